The zero-order valence-corrected chi connectivity index (χ0v) is 9.85. The number of methoxy groups -OCH3 is 1. The van der Waals surface area contributed by atoms with E-state index in [4.69, 9.17) is 4.74 Å². The minimum atomic E-state index is 0.637. The van der Waals surface area contributed by atoms with Gasteiger partial charge < -0.3 is 10.1 Å². The molecule has 3 heteroatoms. The molecule has 1 fully saturated rings. The minimum absolute atomic E-state index is 0.637. The van der Waals surface area contributed by atoms with Crippen LogP contribution in [0.2, 0.25) is 0 Å². The van der Waals surface area contributed by atoms with E-state index in [1.165, 1.54) is 30.0 Å². The van der Waals surface area contributed by atoms with Crippen molar-refractivity contribution in [3.05, 3.63) is 24.3 Å². The predicted molar refractivity (Wildman–Crippen MR) is 67.0 cm³/mol. The first-order valence-corrected chi connectivity index (χ1v) is 6.52. The Hall–Kier alpha value is -0.830. The Morgan fingerprint density at radius 3 is 2.87 bits per heavy atom. The Bertz CT molecular complexity index is 310. The number of hydrogen-bond acceptors (Lipinski definition) is 3. The molecule has 1 aliphatic rings. The number of benzene rings is 1. The topological polar surface area (TPSA) is 21.3 Å². The number of ether oxygens (including phenoxy) is 1. The number of rotatable bonds is 3. The van der Waals surface area contributed by atoms with Crippen molar-refractivity contribution in [2.75, 3.05) is 23.9 Å². The molecule has 0 atom stereocenters. The van der Waals surface area contributed by atoms with Gasteiger partial charge in [-0.2, -0.15) is 11.8 Å². The van der Waals surface area contributed by atoms with Gasteiger partial charge in [0.05, 0.1) is 7.11 Å². The summed E-state index contributed by atoms with van der Waals surface area (Å²) in [5.74, 6) is 3.48. The van der Waals surface area contributed by atoms with Crippen LogP contribution in [0.15, 0.2) is 24.3 Å². The molecule has 1 saturated heterocycles. The van der Waals surface area contributed by atoms with Crippen LogP contribution in [0.4, 0.5) is 5.69 Å². The summed E-state index contributed by atoms with van der Waals surface area (Å²) < 4.78 is 5.20. The van der Waals surface area contributed by atoms with Crippen molar-refractivity contribution < 1.29 is 4.74 Å². The summed E-state index contributed by atoms with van der Waals surface area (Å²) in [6.07, 6.45) is 2.53. The smallest absolute Gasteiger partial charge is 0.120 e. The van der Waals surface area contributed by atoms with Gasteiger partial charge in [0.25, 0.3) is 0 Å². The fourth-order valence-electron chi connectivity index (χ4n) is 1.79. The molecule has 1 heterocycles. The summed E-state index contributed by atoms with van der Waals surface area (Å²) in [5, 5.41) is 3.56. The summed E-state index contributed by atoms with van der Waals surface area (Å²) in [6, 6.07) is 8.80. The van der Waals surface area contributed by atoms with Crippen LogP contribution in [-0.2, 0) is 0 Å². The molecule has 2 rings (SSSR count). The average Bonchev–Trinajstić information content (AvgIpc) is 2.31. The molecular weight excluding hydrogens is 206 g/mol. The molecule has 0 amide bonds. The number of thioether (sulfide) groups is 1. The third-order valence-electron chi connectivity index (χ3n) is 2.66. The summed E-state index contributed by atoms with van der Waals surface area (Å²) >= 11 is 2.05. The number of hydrogen-bond donors (Lipinski definition) is 1. The van der Waals surface area contributed by atoms with Crippen LogP contribution in [0.5, 0.6) is 5.75 Å². The fourth-order valence-corrected chi connectivity index (χ4v) is 2.90. The Morgan fingerprint density at radius 2 is 2.13 bits per heavy atom. The normalized spacial score (nSPS) is 17.4. The highest BCUT2D eigenvalue weighted by Gasteiger charge is 2.12. The molecule has 2 nitrogen and oxygen atoms in total. The molecule has 1 aromatic rings. The molecule has 0 bridgehead atoms. The van der Waals surface area contributed by atoms with Gasteiger partial charge in [-0.15, -0.1) is 0 Å². The fraction of sp³-hybridized carbons (Fsp3) is 0.500. The largest absolute Gasteiger partial charge is 0.497 e. The van der Waals surface area contributed by atoms with Crippen LogP contribution in [0, 0.1) is 0 Å². The molecule has 0 radical (unpaired) electrons. The maximum Gasteiger partial charge on any atom is 0.120 e. The van der Waals surface area contributed by atoms with E-state index in [0.717, 1.165) is 5.75 Å². The molecule has 1 aliphatic heterocycles. The van der Waals surface area contributed by atoms with E-state index >= 15 is 0 Å². The van der Waals surface area contributed by atoms with Crippen LogP contribution in [0.25, 0.3) is 0 Å². The maximum absolute atomic E-state index is 5.20. The first kappa shape index (κ1) is 10.7. The van der Waals surface area contributed by atoms with Crippen molar-refractivity contribution in [3.63, 3.8) is 0 Å². The van der Waals surface area contributed by atoms with Gasteiger partial charge in [0.1, 0.15) is 5.75 Å². The van der Waals surface area contributed by atoms with E-state index in [0.29, 0.717) is 6.04 Å². The highest BCUT2D eigenvalue weighted by Crippen LogP contribution is 2.23. The van der Waals surface area contributed by atoms with Gasteiger partial charge in [0.2, 0.25) is 0 Å². The van der Waals surface area contributed by atoms with E-state index in [9.17, 15) is 0 Å². The lowest BCUT2D eigenvalue weighted by atomic mass is 10.1. The van der Waals surface area contributed by atoms with E-state index in [1.54, 1.807) is 7.11 Å². The Balaban J connectivity index is 1.96. The second-order valence-electron chi connectivity index (χ2n) is 3.76. The third-order valence-corrected chi connectivity index (χ3v) is 3.71. The number of nitrogens with one attached hydrogen (secondary N) is 1. The monoisotopic (exact) mass is 223 g/mol. The Morgan fingerprint density at radius 1 is 1.33 bits per heavy atom. The van der Waals surface area contributed by atoms with Gasteiger partial charge >= 0.3 is 0 Å². The van der Waals surface area contributed by atoms with E-state index in [-0.39, 0.29) is 0 Å². The van der Waals surface area contributed by atoms with Crippen LogP contribution < -0.4 is 10.1 Å². The van der Waals surface area contributed by atoms with Gasteiger partial charge in [-0.05, 0) is 36.5 Å². The predicted octanol–water partition coefficient (Wildman–Crippen LogP) is 3.00. The molecule has 1 N–H and O–H groups in total. The van der Waals surface area contributed by atoms with Crippen molar-refractivity contribution in [1.82, 2.24) is 0 Å². The molecule has 0 spiro atoms. The molecule has 0 unspecified atom stereocenters. The van der Waals surface area contributed by atoms with Crippen molar-refractivity contribution in [3.8, 4) is 5.75 Å². The summed E-state index contributed by atoms with van der Waals surface area (Å²) in [5.41, 5.74) is 1.17. The van der Waals surface area contributed by atoms with Crippen LogP contribution in [0.1, 0.15) is 12.8 Å². The first-order valence-electron chi connectivity index (χ1n) is 5.37. The molecule has 82 valence electrons. The lowest BCUT2D eigenvalue weighted by Gasteiger charge is -2.23. The van der Waals surface area contributed by atoms with Crippen molar-refractivity contribution in [2.45, 2.75) is 18.9 Å². The van der Waals surface area contributed by atoms with Crippen LogP contribution in [0.3, 0.4) is 0 Å². The van der Waals surface area contributed by atoms with Crippen LogP contribution >= 0.6 is 11.8 Å². The van der Waals surface area contributed by atoms with E-state index in [2.05, 4.69) is 29.2 Å². The summed E-state index contributed by atoms with van der Waals surface area (Å²) in [6.45, 7) is 0. The van der Waals surface area contributed by atoms with Crippen molar-refractivity contribution >= 4 is 17.4 Å². The maximum atomic E-state index is 5.20. The summed E-state index contributed by atoms with van der Waals surface area (Å²) in [4.78, 5) is 0. The van der Waals surface area contributed by atoms with Crippen molar-refractivity contribution in [2.24, 2.45) is 0 Å². The van der Waals surface area contributed by atoms with E-state index in [1.807, 2.05) is 12.1 Å². The van der Waals surface area contributed by atoms with Gasteiger partial charge in [-0.1, -0.05) is 6.07 Å². The highest BCUT2D eigenvalue weighted by molar-refractivity contribution is 7.99. The zero-order chi connectivity index (χ0) is 10.5. The standard InChI is InChI=1S/C12H17NOS/c1-14-12-4-2-3-11(9-12)13-10-5-7-15-8-6-10/h2-4,9-10,13H,5-8H2,1H3. The molecule has 1 aromatic carbocycles. The first-order chi connectivity index (χ1) is 7.38. The second-order valence-corrected chi connectivity index (χ2v) is 4.99. The highest BCUT2D eigenvalue weighted by atomic mass is 32.2. The lowest BCUT2D eigenvalue weighted by Crippen LogP contribution is -2.24. The SMILES string of the molecule is COc1cccc(NC2CCSCC2)c1. The molecular formula is C12H17NOS. The quantitative estimate of drug-likeness (QED) is 0.851. The summed E-state index contributed by atoms with van der Waals surface area (Å²) in [7, 11) is 1.70. The molecule has 0 aliphatic carbocycles. The molecule has 0 aromatic heterocycles. The van der Waals surface area contributed by atoms with Gasteiger partial charge in [0.15, 0.2) is 0 Å². The lowest BCUT2D eigenvalue weighted by molar-refractivity contribution is 0.415. The Labute approximate surface area is 95.4 Å². The zero-order valence-electron chi connectivity index (χ0n) is 9.03. The Kier molecular flexibility index (Phi) is 3.78. The average molecular weight is 223 g/mol. The van der Waals surface area contributed by atoms with Gasteiger partial charge in [-0.3, -0.25) is 0 Å². The molecule has 15 heavy (non-hydrogen) atoms. The third kappa shape index (κ3) is 3.06. The van der Waals surface area contributed by atoms with Crippen LogP contribution in [-0.4, -0.2) is 24.7 Å². The van der Waals surface area contributed by atoms with Gasteiger partial charge in [-0.25, -0.2) is 0 Å². The number of anilines is 1. The minimum Gasteiger partial charge on any atom is -0.497 e. The molecule has 0 saturated carbocycles. The second kappa shape index (κ2) is 5.31. The van der Waals surface area contributed by atoms with Gasteiger partial charge in [0, 0.05) is 17.8 Å². The van der Waals surface area contributed by atoms with Crippen molar-refractivity contribution in [1.29, 1.82) is 0 Å². The van der Waals surface area contributed by atoms with E-state index < -0.39 is 0 Å².